The van der Waals surface area contributed by atoms with E-state index < -0.39 is 11.7 Å². The van der Waals surface area contributed by atoms with Crippen LogP contribution in [0, 0.1) is 5.82 Å². The third-order valence-electron chi connectivity index (χ3n) is 4.49. The highest BCUT2D eigenvalue weighted by Gasteiger charge is 2.22. The number of amides is 1. The molecule has 1 aliphatic rings. The van der Waals surface area contributed by atoms with Crippen LogP contribution in [0.25, 0.3) is 0 Å². The highest BCUT2D eigenvalue weighted by molar-refractivity contribution is 6.34. The molecule has 1 saturated heterocycles. The molecule has 3 rings (SSSR count). The average molecular weight is 362 g/mol. The van der Waals surface area contributed by atoms with Crippen LogP contribution in [-0.4, -0.2) is 43.5 Å². The van der Waals surface area contributed by atoms with Gasteiger partial charge >= 0.3 is 0 Å². The summed E-state index contributed by atoms with van der Waals surface area (Å²) in [7, 11) is 0. The first-order valence-corrected chi connectivity index (χ1v) is 8.79. The Balaban J connectivity index is 1.84. The maximum atomic E-state index is 13.9. The lowest BCUT2D eigenvalue weighted by Crippen LogP contribution is -2.46. The summed E-state index contributed by atoms with van der Waals surface area (Å²) in [6.45, 7) is 6.73. The summed E-state index contributed by atoms with van der Waals surface area (Å²) in [4.78, 5) is 17.0. The fourth-order valence-electron chi connectivity index (χ4n) is 3.06. The zero-order valence-electron chi connectivity index (χ0n) is 14.1. The lowest BCUT2D eigenvalue weighted by atomic mass is 10.1. The largest absolute Gasteiger partial charge is 0.366 e. The standard InChI is InChI=1S/C19H21ClFN3O/c1-2-23-10-12-24(13-11-23)18-15(20)7-5-9-17(18)22-19(25)14-6-3-4-8-16(14)21/h3-9H,2,10-13H2,1H3,(H,22,25). The van der Waals surface area contributed by atoms with Crippen molar-refractivity contribution in [2.45, 2.75) is 6.92 Å². The van der Waals surface area contributed by atoms with Gasteiger partial charge in [0.05, 0.1) is 22.0 Å². The van der Waals surface area contributed by atoms with Gasteiger partial charge in [-0.05, 0) is 30.8 Å². The number of halogens is 2. The summed E-state index contributed by atoms with van der Waals surface area (Å²) in [5, 5.41) is 3.39. The van der Waals surface area contributed by atoms with Crippen molar-refractivity contribution in [3.05, 3.63) is 58.9 Å². The molecule has 1 amide bonds. The molecule has 6 heteroatoms. The summed E-state index contributed by atoms with van der Waals surface area (Å²) < 4.78 is 13.9. The predicted octanol–water partition coefficient (Wildman–Crippen LogP) is 3.87. The SMILES string of the molecule is CCN1CCN(c2c(Cl)cccc2NC(=O)c2ccccc2F)CC1. The van der Waals surface area contributed by atoms with Crippen LogP contribution in [0.15, 0.2) is 42.5 Å². The Morgan fingerprint density at radius 1 is 1.12 bits per heavy atom. The molecule has 0 saturated carbocycles. The molecule has 132 valence electrons. The second-order valence-electron chi connectivity index (χ2n) is 5.99. The van der Waals surface area contributed by atoms with Crippen molar-refractivity contribution in [3.8, 4) is 0 Å². The lowest BCUT2D eigenvalue weighted by molar-refractivity contribution is 0.102. The fourth-order valence-corrected chi connectivity index (χ4v) is 3.35. The molecule has 1 N–H and O–H groups in total. The first-order chi connectivity index (χ1) is 12.1. The lowest BCUT2D eigenvalue weighted by Gasteiger charge is -2.36. The van der Waals surface area contributed by atoms with Crippen LogP contribution < -0.4 is 10.2 Å². The third-order valence-corrected chi connectivity index (χ3v) is 4.79. The second-order valence-corrected chi connectivity index (χ2v) is 6.40. The number of anilines is 2. The number of nitrogens with one attached hydrogen (secondary N) is 1. The van der Waals surface area contributed by atoms with Crippen LogP contribution in [0.2, 0.25) is 5.02 Å². The van der Waals surface area contributed by atoms with Gasteiger partial charge in [-0.2, -0.15) is 0 Å². The van der Waals surface area contributed by atoms with E-state index in [9.17, 15) is 9.18 Å². The fraction of sp³-hybridized carbons (Fsp3) is 0.316. The maximum absolute atomic E-state index is 13.9. The molecule has 0 unspecified atom stereocenters. The second kappa shape index (κ2) is 7.85. The van der Waals surface area contributed by atoms with Crippen LogP contribution in [0.1, 0.15) is 17.3 Å². The zero-order chi connectivity index (χ0) is 17.8. The highest BCUT2D eigenvalue weighted by Crippen LogP contribution is 2.35. The topological polar surface area (TPSA) is 35.6 Å². The van der Waals surface area contributed by atoms with Gasteiger partial charge in [0.15, 0.2) is 0 Å². The van der Waals surface area contributed by atoms with Gasteiger partial charge in [0.2, 0.25) is 0 Å². The van der Waals surface area contributed by atoms with Crippen molar-refractivity contribution in [2.24, 2.45) is 0 Å². The van der Waals surface area contributed by atoms with E-state index in [1.165, 1.54) is 12.1 Å². The first kappa shape index (κ1) is 17.7. The molecule has 2 aromatic carbocycles. The van der Waals surface area contributed by atoms with Crippen LogP contribution in [-0.2, 0) is 0 Å². The van der Waals surface area contributed by atoms with Gasteiger partial charge in [-0.1, -0.05) is 36.7 Å². The number of likely N-dealkylation sites (N-methyl/N-ethyl adjacent to an activating group) is 1. The number of benzene rings is 2. The van der Waals surface area contributed by atoms with Gasteiger partial charge in [-0.15, -0.1) is 0 Å². The van der Waals surface area contributed by atoms with Gasteiger partial charge in [-0.25, -0.2) is 4.39 Å². The summed E-state index contributed by atoms with van der Waals surface area (Å²) in [6.07, 6.45) is 0. The molecule has 0 atom stereocenters. The van der Waals surface area contributed by atoms with E-state index in [-0.39, 0.29) is 5.56 Å². The monoisotopic (exact) mass is 361 g/mol. The molecule has 0 radical (unpaired) electrons. The Morgan fingerprint density at radius 3 is 2.52 bits per heavy atom. The molecule has 0 spiro atoms. The number of para-hydroxylation sites is 1. The minimum absolute atomic E-state index is 0.0178. The van der Waals surface area contributed by atoms with Crippen molar-refractivity contribution in [1.29, 1.82) is 0 Å². The van der Waals surface area contributed by atoms with Crippen molar-refractivity contribution in [3.63, 3.8) is 0 Å². The Labute approximate surface area is 152 Å². The predicted molar refractivity (Wildman–Crippen MR) is 100 cm³/mol. The summed E-state index contributed by atoms with van der Waals surface area (Å²) in [5.41, 5.74) is 1.42. The number of carbonyl (C=O) groups excluding carboxylic acids is 1. The van der Waals surface area contributed by atoms with Crippen molar-refractivity contribution in [1.82, 2.24) is 4.90 Å². The number of piperazine rings is 1. The van der Waals surface area contributed by atoms with Gasteiger partial charge in [0.25, 0.3) is 5.91 Å². The molecule has 2 aromatic rings. The number of hydrogen-bond acceptors (Lipinski definition) is 3. The quantitative estimate of drug-likeness (QED) is 0.897. The van der Waals surface area contributed by atoms with E-state index in [0.717, 1.165) is 38.4 Å². The van der Waals surface area contributed by atoms with E-state index >= 15 is 0 Å². The molecule has 25 heavy (non-hydrogen) atoms. The summed E-state index contributed by atoms with van der Waals surface area (Å²) in [5.74, 6) is -1.02. The van der Waals surface area contributed by atoms with E-state index in [1.54, 1.807) is 24.3 Å². The van der Waals surface area contributed by atoms with Gasteiger partial charge < -0.3 is 15.1 Å². The Hall–Kier alpha value is -2.11. The summed E-state index contributed by atoms with van der Waals surface area (Å²) >= 11 is 6.41. The molecule has 0 bridgehead atoms. The van der Waals surface area contributed by atoms with Crippen LogP contribution in [0.5, 0.6) is 0 Å². The molecular weight excluding hydrogens is 341 g/mol. The van der Waals surface area contributed by atoms with Crippen molar-refractivity contribution in [2.75, 3.05) is 42.9 Å². The molecule has 1 aliphatic heterocycles. The van der Waals surface area contributed by atoms with Crippen molar-refractivity contribution >= 4 is 28.9 Å². The number of carbonyl (C=O) groups is 1. The molecule has 0 aliphatic carbocycles. The van der Waals surface area contributed by atoms with E-state index in [4.69, 9.17) is 11.6 Å². The Morgan fingerprint density at radius 2 is 1.84 bits per heavy atom. The Bertz CT molecular complexity index is 760. The number of nitrogens with zero attached hydrogens (tertiary/aromatic N) is 2. The highest BCUT2D eigenvalue weighted by atomic mass is 35.5. The van der Waals surface area contributed by atoms with Gasteiger partial charge in [0.1, 0.15) is 5.82 Å². The number of rotatable bonds is 4. The van der Waals surface area contributed by atoms with E-state index in [1.807, 2.05) is 6.07 Å². The minimum Gasteiger partial charge on any atom is -0.366 e. The molecule has 0 aromatic heterocycles. The van der Waals surface area contributed by atoms with Gasteiger partial charge in [-0.3, -0.25) is 4.79 Å². The maximum Gasteiger partial charge on any atom is 0.258 e. The molecule has 1 heterocycles. The van der Waals surface area contributed by atoms with Crippen LogP contribution in [0.4, 0.5) is 15.8 Å². The van der Waals surface area contributed by atoms with Crippen LogP contribution >= 0.6 is 11.6 Å². The average Bonchev–Trinajstić information content (AvgIpc) is 2.62. The Kier molecular flexibility index (Phi) is 5.56. The van der Waals surface area contributed by atoms with Gasteiger partial charge in [0, 0.05) is 26.2 Å². The summed E-state index contributed by atoms with van der Waals surface area (Å²) in [6, 6.07) is 11.3. The molecular formula is C19H21ClFN3O. The molecule has 1 fully saturated rings. The molecule has 4 nitrogen and oxygen atoms in total. The number of hydrogen-bond donors (Lipinski definition) is 1. The smallest absolute Gasteiger partial charge is 0.258 e. The third kappa shape index (κ3) is 3.94. The normalized spacial score (nSPS) is 15.2. The van der Waals surface area contributed by atoms with E-state index in [2.05, 4.69) is 22.0 Å². The van der Waals surface area contributed by atoms with E-state index in [0.29, 0.717) is 10.7 Å². The van der Waals surface area contributed by atoms with Crippen LogP contribution in [0.3, 0.4) is 0 Å². The minimum atomic E-state index is -0.542. The zero-order valence-corrected chi connectivity index (χ0v) is 14.9. The first-order valence-electron chi connectivity index (χ1n) is 8.42. The van der Waals surface area contributed by atoms with Crippen molar-refractivity contribution < 1.29 is 9.18 Å².